The summed E-state index contributed by atoms with van der Waals surface area (Å²) in [6, 6.07) is 9.46. The number of hydrogen-bond acceptors (Lipinski definition) is 2. The first kappa shape index (κ1) is 18.2. The first-order chi connectivity index (χ1) is 7.75. The molecule has 2 nitrogen and oxygen atoms in total. The summed E-state index contributed by atoms with van der Waals surface area (Å²) in [5.74, 6) is 0. The van der Waals surface area contributed by atoms with E-state index in [0.717, 1.165) is 19.4 Å². The van der Waals surface area contributed by atoms with Crippen molar-refractivity contribution in [3.8, 4) is 0 Å². The predicted molar refractivity (Wildman–Crippen MR) is 85.7 cm³/mol. The zero-order chi connectivity index (χ0) is 11.4. The summed E-state index contributed by atoms with van der Waals surface area (Å²) in [5.41, 5.74) is 7.22. The van der Waals surface area contributed by atoms with Crippen LogP contribution in [0.1, 0.15) is 31.2 Å². The molecule has 104 valence electrons. The van der Waals surface area contributed by atoms with E-state index < -0.39 is 0 Å². The van der Waals surface area contributed by atoms with Crippen LogP contribution in [-0.4, -0.2) is 12.1 Å². The van der Waals surface area contributed by atoms with E-state index in [1.807, 2.05) is 6.07 Å². The molecule has 0 aliphatic heterocycles. The molecule has 3 N–H and O–H groups in total. The van der Waals surface area contributed by atoms with Crippen molar-refractivity contribution in [2.45, 2.75) is 44.3 Å². The highest BCUT2D eigenvalue weighted by atomic mass is 79.9. The molecule has 1 saturated carbocycles. The molecule has 0 radical (unpaired) electrons. The molecule has 5 heteroatoms. The van der Waals surface area contributed by atoms with Gasteiger partial charge >= 0.3 is 0 Å². The van der Waals surface area contributed by atoms with E-state index >= 15 is 0 Å². The van der Waals surface area contributed by atoms with Crippen molar-refractivity contribution in [2.24, 2.45) is 5.73 Å². The Kier molecular flexibility index (Phi) is 9.26. The van der Waals surface area contributed by atoms with E-state index in [1.165, 1.54) is 22.9 Å². The molecule has 1 aliphatic carbocycles. The smallest absolute Gasteiger partial charge is 0.0220 e. The fraction of sp³-hybridized carbons (Fsp3) is 0.538. The monoisotopic (exact) mass is 354 g/mol. The van der Waals surface area contributed by atoms with Gasteiger partial charge in [-0.1, -0.05) is 34.1 Å². The Hall–Kier alpha value is 0.200. The van der Waals surface area contributed by atoms with Gasteiger partial charge in [0.05, 0.1) is 0 Å². The molecule has 18 heavy (non-hydrogen) atoms. The van der Waals surface area contributed by atoms with E-state index in [9.17, 15) is 0 Å². The second-order valence-corrected chi connectivity index (χ2v) is 5.44. The van der Waals surface area contributed by atoms with E-state index in [4.69, 9.17) is 5.73 Å². The van der Waals surface area contributed by atoms with Crippen LogP contribution in [0.2, 0.25) is 0 Å². The second-order valence-electron chi connectivity index (χ2n) is 4.58. The van der Waals surface area contributed by atoms with Crippen LogP contribution in [0, 0.1) is 0 Å². The van der Waals surface area contributed by atoms with Crippen molar-refractivity contribution >= 4 is 40.7 Å². The molecule has 2 rings (SSSR count). The van der Waals surface area contributed by atoms with E-state index in [2.05, 4.69) is 39.4 Å². The highest BCUT2D eigenvalue weighted by Gasteiger charge is 2.17. The van der Waals surface area contributed by atoms with Gasteiger partial charge in [0.25, 0.3) is 0 Å². The van der Waals surface area contributed by atoms with Gasteiger partial charge in [0, 0.05) is 23.1 Å². The van der Waals surface area contributed by atoms with E-state index in [1.54, 1.807) is 0 Å². The number of nitrogens with two attached hydrogens (primary N) is 1. The van der Waals surface area contributed by atoms with Crippen LogP contribution < -0.4 is 11.1 Å². The van der Waals surface area contributed by atoms with Gasteiger partial charge in [-0.15, -0.1) is 24.8 Å². The van der Waals surface area contributed by atoms with E-state index in [0.29, 0.717) is 12.1 Å². The lowest BCUT2D eigenvalue weighted by molar-refractivity contribution is 0.341. The van der Waals surface area contributed by atoms with Gasteiger partial charge in [-0.3, -0.25) is 0 Å². The largest absolute Gasteiger partial charge is 0.328 e. The Bertz CT molecular complexity index is 342. The van der Waals surface area contributed by atoms with Gasteiger partial charge in [-0.2, -0.15) is 0 Å². The molecule has 0 aromatic heterocycles. The molecule has 0 saturated heterocycles. The second kappa shape index (κ2) is 9.16. The first-order valence-electron chi connectivity index (χ1n) is 5.98. The molecule has 0 atom stereocenters. The molecule has 0 bridgehead atoms. The zero-order valence-electron chi connectivity index (χ0n) is 10.3. The quantitative estimate of drug-likeness (QED) is 0.868. The third-order valence-electron chi connectivity index (χ3n) is 3.31. The van der Waals surface area contributed by atoms with Crippen LogP contribution in [0.5, 0.6) is 0 Å². The molecule has 1 aromatic carbocycles. The molecular weight excluding hydrogens is 335 g/mol. The summed E-state index contributed by atoms with van der Waals surface area (Å²) in [5, 5.41) is 3.61. The van der Waals surface area contributed by atoms with Gasteiger partial charge in [-0.25, -0.2) is 0 Å². The summed E-state index contributed by atoms with van der Waals surface area (Å²) < 4.78 is 1.19. The van der Waals surface area contributed by atoms with Crippen LogP contribution in [0.25, 0.3) is 0 Å². The number of hydrogen-bond donors (Lipinski definition) is 2. The summed E-state index contributed by atoms with van der Waals surface area (Å²) in [6.45, 7) is 0.946. The topological polar surface area (TPSA) is 38.0 Å². The lowest BCUT2D eigenvalue weighted by Gasteiger charge is -2.27. The predicted octanol–water partition coefficient (Wildman–Crippen LogP) is 3.65. The molecule has 0 amide bonds. The first-order valence-corrected chi connectivity index (χ1v) is 6.77. The van der Waals surface area contributed by atoms with Crippen LogP contribution in [-0.2, 0) is 6.54 Å². The summed E-state index contributed by atoms with van der Waals surface area (Å²) in [7, 11) is 0. The molecule has 1 fully saturated rings. The Morgan fingerprint density at radius 1 is 1.11 bits per heavy atom. The Labute approximate surface area is 130 Å². The third kappa shape index (κ3) is 5.45. The zero-order valence-corrected chi connectivity index (χ0v) is 13.5. The van der Waals surface area contributed by atoms with Gasteiger partial charge in [0.15, 0.2) is 0 Å². The van der Waals surface area contributed by atoms with Gasteiger partial charge in [-0.05, 0) is 37.3 Å². The standard InChI is InChI=1S/C13H19BrN2.2ClH/c14-13-4-2-1-3-10(13)9-16-12-7-5-11(15)6-8-12;;/h1-4,11-12,16H,5-9,15H2;2*1H. The maximum absolute atomic E-state index is 5.89. The van der Waals surface area contributed by atoms with Gasteiger partial charge in [0.1, 0.15) is 0 Å². The average Bonchev–Trinajstić information content (AvgIpc) is 2.30. The maximum Gasteiger partial charge on any atom is 0.0220 e. The lowest BCUT2D eigenvalue weighted by Crippen LogP contribution is -2.37. The number of halogens is 3. The molecule has 1 aliphatic rings. The molecule has 0 spiro atoms. The highest BCUT2D eigenvalue weighted by Crippen LogP contribution is 2.19. The van der Waals surface area contributed by atoms with Crippen LogP contribution >= 0.6 is 40.7 Å². The Morgan fingerprint density at radius 2 is 1.72 bits per heavy atom. The molecule has 0 unspecified atom stereocenters. The molecule has 0 heterocycles. The number of nitrogens with one attached hydrogen (secondary N) is 1. The van der Waals surface area contributed by atoms with Crippen molar-refractivity contribution in [1.29, 1.82) is 0 Å². The third-order valence-corrected chi connectivity index (χ3v) is 4.08. The minimum absolute atomic E-state index is 0. The van der Waals surface area contributed by atoms with Gasteiger partial charge in [0.2, 0.25) is 0 Å². The highest BCUT2D eigenvalue weighted by molar-refractivity contribution is 9.10. The van der Waals surface area contributed by atoms with Crippen molar-refractivity contribution in [2.75, 3.05) is 0 Å². The lowest BCUT2D eigenvalue weighted by atomic mass is 9.92. The average molecular weight is 356 g/mol. The molecule has 1 aromatic rings. The summed E-state index contributed by atoms with van der Waals surface area (Å²) >= 11 is 3.57. The fourth-order valence-corrected chi connectivity index (χ4v) is 2.64. The maximum atomic E-state index is 5.89. The number of benzene rings is 1. The Morgan fingerprint density at radius 3 is 2.33 bits per heavy atom. The van der Waals surface area contributed by atoms with Crippen molar-refractivity contribution in [3.63, 3.8) is 0 Å². The van der Waals surface area contributed by atoms with E-state index in [-0.39, 0.29) is 24.8 Å². The van der Waals surface area contributed by atoms with Crippen LogP contribution in [0.4, 0.5) is 0 Å². The van der Waals surface area contributed by atoms with Crippen LogP contribution in [0.15, 0.2) is 28.7 Å². The Balaban J connectivity index is 0.00000144. The summed E-state index contributed by atoms with van der Waals surface area (Å²) in [4.78, 5) is 0. The van der Waals surface area contributed by atoms with Gasteiger partial charge < -0.3 is 11.1 Å². The van der Waals surface area contributed by atoms with Crippen LogP contribution in [0.3, 0.4) is 0 Å². The van der Waals surface area contributed by atoms with Crippen molar-refractivity contribution in [3.05, 3.63) is 34.3 Å². The number of rotatable bonds is 3. The minimum atomic E-state index is 0. The molecular formula is C13H21BrCl2N2. The summed E-state index contributed by atoms with van der Waals surface area (Å²) in [6.07, 6.45) is 4.75. The fourth-order valence-electron chi connectivity index (χ4n) is 2.22. The minimum Gasteiger partial charge on any atom is -0.328 e. The van der Waals surface area contributed by atoms with Crippen molar-refractivity contribution < 1.29 is 0 Å². The van der Waals surface area contributed by atoms with Crippen molar-refractivity contribution in [1.82, 2.24) is 5.32 Å². The normalized spacial score (nSPS) is 22.8. The SMILES string of the molecule is Cl.Cl.NC1CCC(NCc2ccccc2Br)CC1.